The van der Waals surface area contributed by atoms with E-state index < -0.39 is 11.7 Å². The lowest BCUT2D eigenvalue weighted by Gasteiger charge is -2.28. The average molecular weight is 513 g/mol. The number of aromatic amines is 1. The first kappa shape index (κ1) is 27.1. The minimum Gasteiger partial charge on any atom is -0.499 e. The molecule has 6 nitrogen and oxygen atoms in total. The zero-order valence-corrected chi connectivity index (χ0v) is 22.7. The fourth-order valence-electron chi connectivity index (χ4n) is 4.58. The summed E-state index contributed by atoms with van der Waals surface area (Å²) in [5, 5.41) is 1.15. The predicted molar refractivity (Wildman–Crippen MR) is 150 cm³/mol. The van der Waals surface area contributed by atoms with Crippen molar-refractivity contribution in [3.63, 3.8) is 0 Å². The van der Waals surface area contributed by atoms with Crippen LogP contribution in [0.15, 0.2) is 54.3 Å². The fraction of sp³-hybridized carbons (Fsp3) is 0.375. The number of benzene rings is 1. The molecule has 1 saturated heterocycles. The molecule has 1 aliphatic carbocycles. The van der Waals surface area contributed by atoms with Crippen LogP contribution >= 0.6 is 0 Å². The molecule has 2 aromatic rings. The number of ketones is 1. The number of amides is 1. The number of likely N-dealkylation sites (tertiary alicyclic amines) is 1. The zero-order chi connectivity index (χ0) is 27.1. The van der Waals surface area contributed by atoms with Crippen LogP contribution in [-0.4, -0.2) is 48.9 Å². The van der Waals surface area contributed by atoms with E-state index in [1.54, 1.807) is 32.2 Å². The second kappa shape index (κ2) is 12.5. The number of ether oxygens (including phenoxy) is 2. The molecule has 0 unspecified atom stereocenters. The van der Waals surface area contributed by atoms with Gasteiger partial charge in [0.2, 0.25) is 0 Å². The standard InChI is InChI=1S/C32H36N2O4/c1-5-6-12-28(38-4)29-27(21-33-30(29)22(2)37-3)31(35)32(36)34-19-17-25(18-20-34)26(16-15-23-13-14-23)24-10-8-7-9-11-24/h6-12,21,23,33H,5,13-14,17-20H2,1-4H3/b12-6+,29-28+,30-22-. The Kier molecular flexibility index (Phi) is 8.91. The number of Topliss-reactive ketones (excluding diaryl/α,β-unsaturated/α-hetero) is 1. The Hall–Kier alpha value is -3.98. The summed E-state index contributed by atoms with van der Waals surface area (Å²) in [5.41, 5.74) is 3.71. The van der Waals surface area contributed by atoms with Gasteiger partial charge in [-0.1, -0.05) is 60.7 Å². The van der Waals surface area contributed by atoms with Crippen molar-refractivity contribution >= 4 is 28.8 Å². The van der Waals surface area contributed by atoms with Gasteiger partial charge in [0.05, 0.1) is 30.4 Å². The van der Waals surface area contributed by atoms with Crippen molar-refractivity contribution in [2.45, 2.75) is 46.0 Å². The highest BCUT2D eigenvalue weighted by molar-refractivity contribution is 6.42. The number of hydrogen-bond donors (Lipinski definition) is 1. The molecule has 1 aromatic heterocycles. The van der Waals surface area contributed by atoms with Crippen molar-refractivity contribution in [2.75, 3.05) is 27.3 Å². The molecule has 6 heteroatoms. The van der Waals surface area contributed by atoms with Crippen LogP contribution in [0.3, 0.4) is 0 Å². The molecular weight excluding hydrogens is 476 g/mol. The third-order valence-corrected chi connectivity index (χ3v) is 7.00. The summed E-state index contributed by atoms with van der Waals surface area (Å²) in [5.74, 6) is 7.38. The Bertz CT molecular complexity index is 1420. The molecule has 2 heterocycles. The Labute approximate surface area is 224 Å². The maximum atomic E-state index is 13.5. The first-order valence-electron chi connectivity index (χ1n) is 13.3. The Balaban J connectivity index is 1.62. The fourth-order valence-corrected chi connectivity index (χ4v) is 4.58. The lowest BCUT2D eigenvalue weighted by Crippen LogP contribution is -2.43. The number of aromatic nitrogens is 1. The highest BCUT2D eigenvalue weighted by atomic mass is 16.5. The van der Waals surface area contributed by atoms with Crippen LogP contribution in [0.1, 0.15) is 61.9 Å². The summed E-state index contributed by atoms with van der Waals surface area (Å²) >= 11 is 0. The lowest BCUT2D eigenvalue weighted by atomic mass is 9.93. The van der Waals surface area contributed by atoms with Gasteiger partial charge in [-0.2, -0.15) is 0 Å². The van der Waals surface area contributed by atoms with Crippen LogP contribution < -0.4 is 10.6 Å². The van der Waals surface area contributed by atoms with Gasteiger partial charge >= 0.3 is 0 Å². The molecule has 1 N–H and O–H groups in total. The maximum Gasteiger partial charge on any atom is 0.295 e. The van der Waals surface area contributed by atoms with Gasteiger partial charge in [-0.05, 0) is 50.7 Å². The van der Waals surface area contributed by atoms with Gasteiger partial charge in [-0.3, -0.25) is 9.59 Å². The van der Waals surface area contributed by atoms with E-state index in [1.165, 1.54) is 18.4 Å². The highest BCUT2D eigenvalue weighted by Crippen LogP contribution is 2.30. The monoisotopic (exact) mass is 512 g/mol. The lowest BCUT2D eigenvalue weighted by molar-refractivity contribution is -0.126. The molecule has 1 amide bonds. The van der Waals surface area contributed by atoms with E-state index in [-0.39, 0.29) is 5.56 Å². The number of nitrogens with zero attached hydrogens (tertiary/aromatic N) is 1. The predicted octanol–water partition coefficient (Wildman–Crippen LogP) is 4.18. The average Bonchev–Trinajstić information content (AvgIpc) is 3.69. The highest BCUT2D eigenvalue weighted by Gasteiger charge is 2.29. The van der Waals surface area contributed by atoms with Gasteiger partial charge in [-0.15, -0.1) is 0 Å². The zero-order valence-electron chi connectivity index (χ0n) is 22.7. The van der Waals surface area contributed by atoms with Crippen molar-refractivity contribution in [1.82, 2.24) is 9.88 Å². The summed E-state index contributed by atoms with van der Waals surface area (Å²) in [6, 6.07) is 10.2. The molecule has 38 heavy (non-hydrogen) atoms. The van der Waals surface area contributed by atoms with E-state index in [9.17, 15) is 9.59 Å². The molecule has 4 rings (SSSR count). The molecule has 2 fully saturated rings. The Morgan fingerprint density at radius 1 is 1.11 bits per heavy atom. The van der Waals surface area contributed by atoms with Crippen molar-refractivity contribution in [3.8, 4) is 11.8 Å². The number of hydrogen-bond acceptors (Lipinski definition) is 4. The summed E-state index contributed by atoms with van der Waals surface area (Å²) in [4.78, 5) is 31.7. The number of H-pyrrole nitrogens is 1. The van der Waals surface area contributed by atoms with Crippen molar-refractivity contribution < 1.29 is 19.1 Å². The molecule has 1 aromatic carbocycles. The molecule has 198 valence electrons. The van der Waals surface area contributed by atoms with Crippen LogP contribution in [0.2, 0.25) is 0 Å². The summed E-state index contributed by atoms with van der Waals surface area (Å²) in [6.45, 7) is 4.78. The van der Waals surface area contributed by atoms with Gasteiger partial charge in [0, 0.05) is 30.8 Å². The van der Waals surface area contributed by atoms with Crippen molar-refractivity contribution in [3.05, 3.63) is 75.9 Å². The van der Waals surface area contributed by atoms with Gasteiger partial charge in [0.25, 0.3) is 11.7 Å². The van der Waals surface area contributed by atoms with E-state index in [0.29, 0.717) is 53.9 Å². The van der Waals surface area contributed by atoms with Crippen LogP contribution in [0.25, 0.3) is 17.1 Å². The number of methoxy groups -OCH3 is 2. The normalized spacial score (nSPS) is 16.9. The number of allylic oxidation sites excluding steroid dienone is 2. The van der Waals surface area contributed by atoms with Gasteiger partial charge in [-0.25, -0.2) is 0 Å². The topological polar surface area (TPSA) is 71.6 Å². The molecule has 1 aliphatic heterocycles. The van der Waals surface area contributed by atoms with Crippen LogP contribution in [0.5, 0.6) is 0 Å². The van der Waals surface area contributed by atoms with Crippen molar-refractivity contribution in [1.29, 1.82) is 0 Å². The SMILES string of the molecule is CC/C=C/C(OC)=c1/c(C(=O)C(=O)N2CCC(=C(C#CC3CC3)c3ccccc3)CC2)c[nH]/c1=C(/C)OC. The van der Waals surface area contributed by atoms with Crippen LogP contribution in [0, 0.1) is 17.8 Å². The van der Waals surface area contributed by atoms with E-state index >= 15 is 0 Å². The van der Waals surface area contributed by atoms with E-state index in [1.807, 2.05) is 37.3 Å². The molecule has 0 radical (unpaired) electrons. The summed E-state index contributed by atoms with van der Waals surface area (Å²) in [7, 11) is 3.12. The molecule has 0 spiro atoms. The third kappa shape index (κ3) is 6.11. The minimum absolute atomic E-state index is 0.278. The first-order valence-corrected chi connectivity index (χ1v) is 13.3. The number of carbonyl (C=O) groups excluding carboxylic acids is 2. The van der Waals surface area contributed by atoms with Gasteiger partial charge in [0.15, 0.2) is 0 Å². The summed E-state index contributed by atoms with van der Waals surface area (Å²) < 4.78 is 11.0. The van der Waals surface area contributed by atoms with Crippen LogP contribution in [0.4, 0.5) is 0 Å². The van der Waals surface area contributed by atoms with E-state index in [0.717, 1.165) is 17.6 Å². The first-order chi connectivity index (χ1) is 18.5. The van der Waals surface area contributed by atoms with E-state index in [4.69, 9.17) is 9.47 Å². The molecule has 0 atom stereocenters. The Morgan fingerprint density at radius 2 is 1.82 bits per heavy atom. The quantitative estimate of drug-likeness (QED) is 0.343. The second-order valence-corrected chi connectivity index (χ2v) is 9.60. The van der Waals surface area contributed by atoms with Gasteiger partial charge in [0.1, 0.15) is 11.5 Å². The number of nitrogens with one attached hydrogen (secondary N) is 1. The molecule has 1 saturated carbocycles. The number of carbonyl (C=O) groups is 2. The number of rotatable bonds is 7. The largest absolute Gasteiger partial charge is 0.499 e. The van der Waals surface area contributed by atoms with Gasteiger partial charge < -0.3 is 19.4 Å². The molecule has 2 aliphatic rings. The van der Waals surface area contributed by atoms with Crippen LogP contribution in [-0.2, 0) is 14.3 Å². The number of piperidine rings is 1. The van der Waals surface area contributed by atoms with E-state index in [2.05, 4.69) is 29.0 Å². The second-order valence-electron chi connectivity index (χ2n) is 9.60. The maximum absolute atomic E-state index is 13.5. The van der Waals surface area contributed by atoms with Crippen molar-refractivity contribution in [2.24, 2.45) is 5.92 Å². The molecule has 0 bridgehead atoms. The minimum atomic E-state index is -0.560. The third-order valence-electron chi connectivity index (χ3n) is 7.00. The smallest absolute Gasteiger partial charge is 0.295 e. The summed E-state index contributed by atoms with van der Waals surface area (Å²) in [6.07, 6.45) is 9.89. The Morgan fingerprint density at radius 3 is 2.42 bits per heavy atom. The molecular formula is C32H36N2O4.